The lowest BCUT2D eigenvalue weighted by Gasteiger charge is -2.15. The van der Waals surface area contributed by atoms with Crippen LogP contribution in [0.4, 0.5) is 0 Å². The van der Waals surface area contributed by atoms with Gasteiger partial charge in [0, 0.05) is 12.3 Å². The Balaban J connectivity index is 2.27. The highest BCUT2D eigenvalue weighted by molar-refractivity contribution is 6.30. The van der Waals surface area contributed by atoms with Crippen LogP contribution in [0.1, 0.15) is 26.6 Å². The van der Waals surface area contributed by atoms with Crippen LogP contribution in [0.15, 0.2) is 23.1 Å². The van der Waals surface area contributed by atoms with Gasteiger partial charge in [0.2, 0.25) is 0 Å². The Labute approximate surface area is 109 Å². The third-order valence-corrected chi connectivity index (χ3v) is 2.54. The predicted molar refractivity (Wildman–Crippen MR) is 67.6 cm³/mol. The molecule has 0 aliphatic heterocycles. The largest absolute Gasteiger partial charge is 0.306 e. The highest BCUT2D eigenvalue weighted by atomic mass is 35.5. The number of nitrogens with zero attached hydrogens (tertiary/aromatic N) is 5. The van der Waals surface area contributed by atoms with Gasteiger partial charge in [-0.2, -0.15) is 4.80 Å². The maximum atomic E-state index is 11.6. The molecule has 0 spiro atoms. The molecule has 96 valence electrons. The van der Waals surface area contributed by atoms with Gasteiger partial charge in [0.05, 0.1) is 17.1 Å². The van der Waals surface area contributed by atoms with Gasteiger partial charge >= 0.3 is 0 Å². The number of rotatable bonds is 2. The Hall–Kier alpha value is -1.69. The van der Waals surface area contributed by atoms with Crippen molar-refractivity contribution in [2.24, 2.45) is 0 Å². The van der Waals surface area contributed by atoms with E-state index >= 15 is 0 Å². The first-order chi connectivity index (χ1) is 8.36. The molecule has 2 rings (SSSR count). The molecule has 6 nitrogen and oxygen atoms in total. The second-order valence-electron chi connectivity index (χ2n) is 4.98. The Morgan fingerprint density at radius 2 is 2.06 bits per heavy atom. The maximum Gasteiger partial charge on any atom is 0.251 e. The Morgan fingerprint density at radius 1 is 1.33 bits per heavy atom. The van der Waals surface area contributed by atoms with Gasteiger partial charge in [-0.1, -0.05) is 11.6 Å². The molecule has 0 unspecified atom stereocenters. The lowest BCUT2D eigenvalue weighted by atomic mass is 10.1. The van der Waals surface area contributed by atoms with Crippen molar-refractivity contribution < 1.29 is 0 Å². The van der Waals surface area contributed by atoms with Gasteiger partial charge < -0.3 is 4.57 Å². The van der Waals surface area contributed by atoms with Crippen molar-refractivity contribution in [3.8, 4) is 0 Å². The first-order valence-electron chi connectivity index (χ1n) is 5.51. The highest BCUT2D eigenvalue weighted by Gasteiger charge is 2.17. The van der Waals surface area contributed by atoms with Gasteiger partial charge in [-0.15, -0.1) is 10.2 Å². The molecule has 0 atom stereocenters. The summed E-state index contributed by atoms with van der Waals surface area (Å²) in [6, 6.07) is 2.97. The molecular formula is C11H14ClN5O. The normalized spacial score (nSPS) is 11.8. The van der Waals surface area contributed by atoms with Gasteiger partial charge in [-0.05, 0) is 32.1 Å². The van der Waals surface area contributed by atoms with Crippen LogP contribution in [0.3, 0.4) is 0 Å². The molecule has 7 heteroatoms. The average molecular weight is 268 g/mol. The topological polar surface area (TPSA) is 65.6 Å². The molecule has 0 saturated carbocycles. The minimum absolute atomic E-state index is 0.147. The van der Waals surface area contributed by atoms with E-state index in [-0.39, 0.29) is 17.6 Å². The Kier molecular flexibility index (Phi) is 3.21. The van der Waals surface area contributed by atoms with Crippen molar-refractivity contribution in [1.29, 1.82) is 0 Å². The summed E-state index contributed by atoms with van der Waals surface area (Å²) in [5.74, 6) is 0.481. The highest BCUT2D eigenvalue weighted by Crippen LogP contribution is 2.09. The van der Waals surface area contributed by atoms with Crippen LogP contribution < -0.4 is 5.56 Å². The molecular weight excluding hydrogens is 254 g/mol. The minimum Gasteiger partial charge on any atom is -0.306 e. The molecule has 0 saturated heterocycles. The quantitative estimate of drug-likeness (QED) is 0.822. The van der Waals surface area contributed by atoms with E-state index in [1.54, 1.807) is 12.3 Å². The molecule has 0 amide bonds. The number of hydrogen-bond donors (Lipinski definition) is 0. The van der Waals surface area contributed by atoms with Gasteiger partial charge in [-0.3, -0.25) is 4.79 Å². The summed E-state index contributed by atoms with van der Waals surface area (Å²) in [6.45, 7) is 6.19. The van der Waals surface area contributed by atoms with E-state index in [4.69, 9.17) is 11.6 Å². The zero-order valence-corrected chi connectivity index (χ0v) is 11.2. The standard InChI is InChI=1S/C11H14ClN5O/c1-11(2,3)17-14-9(13-15-17)7-16-6-8(12)4-5-10(16)18/h4-6H,7H2,1-3H3. The van der Waals surface area contributed by atoms with E-state index in [2.05, 4.69) is 15.4 Å². The smallest absolute Gasteiger partial charge is 0.251 e. The van der Waals surface area contributed by atoms with Crippen LogP contribution in [0.5, 0.6) is 0 Å². The van der Waals surface area contributed by atoms with Crippen LogP contribution in [0.2, 0.25) is 5.02 Å². The lowest BCUT2D eigenvalue weighted by molar-refractivity contribution is 0.305. The summed E-state index contributed by atoms with van der Waals surface area (Å²) in [4.78, 5) is 13.1. The monoisotopic (exact) mass is 267 g/mol. The maximum absolute atomic E-state index is 11.6. The van der Waals surface area contributed by atoms with E-state index in [0.29, 0.717) is 10.8 Å². The van der Waals surface area contributed by atoms with Crippen molar-refractivity contribution in [3.63, 3.8) is 0 Å². The number of halogens is 1. The molecule has 0 aliphatic carbocycles. The predicted octanol–water partition coefficient (Wildman–Crippen LogP) is 1.29. The molecule has 0 aromatic carbocycles. The molecule has 0 radical (unpaired) electrons. The first kappa shape index (κ1) is 12.8. The van der Waals surface area contributed by atoms with Crippen molar-refractivity contribution in [2.45, 2.75) is 32.9 Å². The molecule has 2 aromatic heterocycles. The molecule has 18 heavy (non-hydrogen) atoms. The van der Waals surface area contributed by atoms with Crippen molar-refractivity contribution >= 4 is 11.6 Å². The first-order valence-corrected chi connectivity index (χ1v) is 5.89. The number of aromatic nitrogens is 5. The van der Waals surface area contributed by atoms with Crippen LogP contribution in [-0.4, -0.2) is 24.8 Å². The fourth-order valence-corrected chi connectivity index (χ4v) is 1.55. The molecule has 2 heterocycles. The van der Waals surface area contributed by atoms with Gasteiger partial charge in [0.25, 0.3) is 5.56 Å². The Morgan fingerprint density at radius 3 is 2.67 bits per heavy atom. The minimum atomic E-state index is -0.232. The van der Waals surface area contributed by atoms with Gasteiger partial charge in [0.1, 0.15) is 0 Å². The third-order valence-electron chi connectivity index (χ3n) is 2.31. The summed E-state index contributed by atoms with van der Waals surface area (Å²) in [6.07, 6.45) is 1.56. The zero-order valence-electron chi connectivity index (χ0n) is 10.5. The summed E-state index contributed by atoms with van der Waals surface area (Å²) in [5, 5.41) is 12.6. The van der Waals surface area contributed by atoms with Crippen LogP contribution >= 0.6 is 11.6 Å². The third kappa shape index (κ3) is 2.76. The second-order valence-corrected chi connectivity index (χ2v) is 5.42. The van der Waals surface area contributed by atoms with E-state index in [9.17, 15) is 4.79 Å². The van der Waals surface area contributed by atoms with E-state index in [1.807, 2.05) is 20.8 Å². The van der Waals surface area contributed by atoms with E-state index in [0.717, 1.165) is 0 Å². The van der Waals surface area contributed by atoms with Crippen molar-refractivity contribution in [1.82, 2.24) is 24.8 Å². The number of hydrogen-bond acceptors (Lipinski definition) is 4. The summed E-state index contributed by atoms with van der Waals surface area (Å²) in [7, 11) is 0. The molecule has 2 aromatic rings. The van der Waals surface area contributed by atoms with E-state index in [1.165, 1.54) is 15.4 Å². The summed E-state index contributed by atoms with van der Waals surface area (Å²) < 4.78 is 1.45. The zero-order chi connectivity index (χ0) is 13.3. The number of pyridine rings is 1. The van der Waals surface area contributed by atoms with Crippen LogP contribution in [0, 0.1) is 0 Å². The van der Waals surface area contributed by atoms with E-state index < -0.39 is 0 Å². The van der Waals surface area contributed by atoms with Crippen molar-refractivity contribution in [2.75, 3.05) is 0 Å². The SMILES string of the molecule is CC(C)(C)n1nnc(Cn2cc(Cl)ccc2=O)n1. The number of tetrazole rings is 1. The second kappa shape index (κ2) is 4.53. The molecule has 0 fully saturated rings. The average Bonchev–Trinajstić information content (AvgIpc) is 2.71. The lowest BCUT2D eigenvalue weighted by Crippen LogP contribution is -2.25. The Bertz CT molecular complexity index is 610. The fourth-order valence-electron chi connectivity index (χ4n) is 1.37. The molecule has 0 bridgehead atoms. The van der Waals surface area contributed by atoms with Crippen LogP contribution in [0.25, 0.3) is 0 Å². The fraction of sp³-hybridized carbons (Fsp3) is 0.455. The van der Waals surface area contributed by atoms with Crippen LogP contribution in [-0.2, 0) is 12.1 Å². The van der Waals surface area contributed by atoms with Crippen molar-refractivity contribution in [3.05, 3.63) is 39.5 Å². The molecule has 0 aliphatic rings. The summed E-state index contributed by atoms with van der Waals surface area (Å²) in [5.41, 5.74) is -0.378. The summed E-state index contributed by atoms with van der Waals surface area (Å²) >= 11 is 5.84. The van der Waals surface area contributed by atoms with Gasteiger partial charge in [-0.25, -0.2) is 0 Å². The van der Waals surface area contributed by atoms with Gasteiger partial charge in [0.15, 0.2) is 5.82 Å². The molecule has 0 N–H and O–H groups in total.